The third-order valence-electron chi connectivity index (χ3n) is 4.08. The standard InChI is InChI=1S/C20H22N2O4S/c1-3-26-15-8-4-7-14(13-15)21-18-17(16-9-5-12-27-16)19(23)22(20(18)24)10-6-11-25-2/h4-5,7-9,12-13,21H,3,6,10-11H2,1-2H3. The number of methoxy groups -OCH3 is 1. The van der Waals surface area contributed by atoms with Crippen LogP contribution in [0.4, 0.5) is 5.69 Å². The molecular weight excluding hydrogens is 364 g/mol. The lowest BCUT2D eigenvalue weighted by Crippen LogP contribution is -2.33. The molecule has 0 fully saturated rings. The molecule has 2 amide bonds. The molecule has 1 aromatic heterocycles. The van der Waals surface area contributed by atoms with Gasteiger partial charge in [-0.3, -0.25) is 14.5 Å². The van der Waals surface area contributed by atoms with Gasteiger partial charge in [0.25, 0.3) is 11.8 Å². The molecule has 2 aromatic rings. The average molecular weight is 386 g/mol. The van der Waals surface area contributed by atoms with Crippen molar-refractivity contribution in [2.45, 2.75) is 13.3 Å². The van der Waals surface area contributed by atoms with E-state index in [1.54, 1.807) is 7.11 Å². The zero-order chi connectivity index (χ0) is 19.2. The van der Waals surface area contributed by atoms with Gasteiger partial charge in [-0.2, -0.15) is 0 Å². The number of hydrogen-bond donors (Lipinski definition) is 1. The molecule has 0 spiro atoms. The normalized spacial score (nSPS) is 14.2. The molecule has 1 aliphatic heterocycles. The number of amides is 2. The van der Waals surface area contributed by atoms with Crippen LogP contribution in [0.1, 0.15) is 18.2 Å². The fraction of sp³-hybridized carbons (Fsp3) is 0.300. The number of carbonyl (C=O) groups excluding carboxylic acids is 2. The predicted molar refractivity (Wildman–Crippen MR) is 106 cm³/mol. The van der Waals surface area contributed by atoms with Crippen LogP contribution >= 0.6 is 11.3 Å². The van der Waals surface area contributed by atoms with E-state index in [1.165, 1.54) is 16.2 Å². The van der Waals surface area contributed by atoms with Crippen molar-refractivity contribution < 1.29 is 19.1 Å². The van der Waals surface area contributed by atoms with Crippen LogP contribution in [-0.2, 0) is 14.3 Å². The van der Waals surface area contributed by atoms with E-state index in [9.17, 15) is 9.59 Å². The highest BCUT2D eigenvalue weighted by Crippen LogP contribution is 2.33. The summed E-state index contributed by atoms with van der Waals surface area (Å²) >= 11 is 1.43. The number of thiophene rings is 1. The molecule has 0 saturated carbocycles. The smallest absolute Gasteiger partial charge is 0.278 e. The maximum atomic E-state index is 12.9. The zero-order valence-corrected chi connectivity index (χ0v) is 16.2. The van der Waals surface area contributed by atoms with Gasteiger partial charge in [-0.15, -0.1) is 11.3 Å². The summed E-state index contributed by atoms with van der Waals surface area (Å²) in [6.07, 6.45) is 0.596. The third-order valence-corrected chi connectivity index (χ3v) is 4.97. The molecule has 1 aromatic carbocycles. The van der Waals surface area contributed by atoms with Crippen molar-refractivity contribution in [3.8, 4) is 5.75 Å². The number of benzene rings is 1. The zero-order valence-electron chi connectivity index (χ0n) is 15.4. The molecular formula is C20H22N2O4S. The second-order valence-corrected chi connectivity index (χ2v) is 6.87. The van der Waals surface area contributed by atoms with Crippen LogP contribution in [0.5, 0.6) is 5.75 Å². The Labute approximate surface area is 162 Å². The molecule has 6 nitrogen and oxygen atoms in total. The van der Waals surface area contributed by atoms with Crippen LogP contribution in [0.2, 0.25) is 0 Å². The van der Waals surface area contributed by atoms with E-state index in [-0.39, 0.29) is 11.8 Å². The minimum Gasteiger partial charge on any atom is -0.494 e. The Kier molecular flexibility index (Phi) is 6.26. The van der Waals surface area contributed by atoms with E-state index in [1.807, 2.05) is 48.7 Å². The molecule has 7 heteroatoms. The van der Waals surface area contributed by atoms with E-state index in [4.69, 9.17) is 9.47 Å². The largest absolute Gasteiger partial charge is 0.494 e. The van der Waals surface area contributed by atoms with Crippen molar-refractivity contribution in [3.63, 3.8) is 0 Å². The molecule has 27 heavy (non-hydrogen) atoms. The molecule has 0 radical (unpaired) electrons. The molecule has 142 valence electrons. The summed E-state index contributed by atoms with van der Waals surface area (Å²) < 4.78 is 10.6. The van der Waals surface area contributed by atoms with E-state index < -0.39 is 0 Å². The first kappa shape index (κ1) is 19.1. The first-order valence-corrected chi connectivity index (χ1v) is 9.66. The Hall–Kier alpha value is -2.64. The Balaban J connectivity index is 1.91. The minimum absolute atomic E-state index is 0.276. The SMILES string of the molecule is CCOc1cccc(NC2=C(c3cccs3)C(=O)N(CCCOC)C2=O)c1. The van der Waals surface area contributed by atoms with Gasteiger partial charge in [0.15, 0.2) is 0 Å². The number of imide groups is 1. The highest BCUT2D eigenvalue weighted by Gasteiger charge is 2.39. The second kappa shape index (κ2) is 8.83. The summed E-state index contributed by atoms with van der Waals surface area (Å²) in [5, 5.41) is 5.03. The van der Waals surface area contributed by atoms with Gasteiger partial charge in [-0.1, -0.05) is 12.1 Å². The van der Waals surface area contributed by atoms with Crippen molar-refractivity contribution in [2.75, 3.05) is 32.2 Å². The average Bonchev–Trinajstić information content (AvgIpc) is 3.25. The van der Waals surface area contributed by atoms with Crippen molar-refractivity contribution in [2.24, 2.45) is 0 Å². The van der Waals surface area contributed by atoms with Gasteiger partial charge in [-0.25, -0.2) is 0 Å². The number of anilines is 1. The molecule has 0 bridgehead atoms. The second-order valence-electron chi connectivity index (χ2n) is 5.92. The lowest BCUT2D eigenvalue weighted by Gasteiger charge is -2.15. The first-order chi connectivity index (χ1) is 13.2. The summed E-state index contributed by atoms with van der Waals surface area (Å²) in [4.78, 5) is 27.9. The lowest BCUT2D eigenvalue weighted by molar-refractivity contribution is -0.136. The van der Waals surface area contributed by atoms with E-state index in [0.29, 0.717) is 48.9 Å². The fourth-order valence-electron chi connectivity index (χ4n) is 2.89. The molecule has 0 aliphatic carbocycles. The highest BCUT2D eigenvalue weighted by molar-refractivity contribution is 7.11. The third kappa shape index (κ3) is 4.20. The molecule has 0 saturated heterocycles. The van der Waals surface area contributed by atoms with Crippen molar-refractivity contribution in [1.29, 1.82) is 0 Å². The maximum absolute atomic E-state index is 12.9. The van der Waals surface area contributed by atoms with Gasteiger partial charge in [-0.05, 0) is 36.9 Å². The number of rotatable bonds is 9. The summed E-state index contributed by atoms with van der Waals surface area (Å²) in [5.41, 5.74) is 1.41. The number of nitrogens with one attached hydrogen (secondary N) is 1. The van der Waals surface area contributed by atoms with Gasteiger partial charge in [0, 0.05) is 36.9 Å². The van der Waals surface area contributed by atoms with E-state index in [2.05, 4.69) is 5.32 Å². The topological polar surface area (TPSA) is 67.9 Å². The molecule has 1 aliphatic rings. The Morgan fingerprint density at radius 3 is 2.70 bits per heavy atom. The van der Waals surface area contributed by atoms with Crippen LogP contribution in [0, 0.1) is 0 Å². The van der Waals surface area contributed by atoms with Crippen LogP contribution in [0.15, 0.2) is 47.5 Å². The van der Waals surface area contributed by atoms with Gasteiger partial charge < -0.3 is 14.8 Å². The summed E-state index contributed by atoms with van der Waals surface area (Å²) in [7, 11) is 1.60. The molecule has 2 heterocycles. The van der Waals surface area contributed by atoms with Gasteiger partial charge in [0.1, 0.15) is 11.4 Å². The molecule has 0 unspecified atom stereocenters. The van der Waals surface area contributed by atoms with Crippen LogP contribution in [0.25, 0.3) is 5.57 Å². The monoisotopic (exact) mass is 386 g/mol. The van der Waals surface area contributed by atoms with Crippen molar-refractivity contribution in [1.82, 2.24) is 4.90 Å². The van der Waals surface area contributed by atoms with Crippen molar-refractivity contribution in [3.05, 3.63) is 52.4 Å². The number of nitrogens with zero attached hydrogens (tertiary/aromatic N) is 1. The molecule has 1 N–H and O–H groups in total. The van der Waals surface area contributed by atoms with Crippen molar-refractivity contribution >= 4 is 34.4 Å². The van der Waals surface area contributed by atoms with Crippen LogP contribution in [0.3, 0.4) is 0 Å². The lowest BCUT2D eigenvalue weighted by atomic mass is 10.2. The fourth-order valence-corrected chi connectivity index (χ4v) is 3.65. The molecule has 0 atom stereocenters. The quantitative estimate of drug-likeness (QED) is 0.529. The Bertz CT molecular complexity index is 845. The number of ether oxygens (including phenoxy) is 2. The molecule has 3 rings (SSSR count). The highest BCUT2D eigenvalue weighted by atomic mass is 32.1. The summed E-state index contributed by atoms with van der Waals surface area (Å²) in [6, 6.07) is 11.1. The number of carbonyl (C=O) groups is 2. The van der Waals surface area contributed by atoms with Gasteiger partial charge in [0.2, 0.25) is 0 Å². The van der Waals surface area contributed by atoms with Gasteiger partial charge >= 0.3 is 0 Å². The summed E-state index contributed by atoms with van der Waals surface area (Å²) in [5.74, 6) is 0.109. The minimum atomic E-state index is -0.318. The maximum Gasteiger partial charge on any atom is 0.278 e. The Morgan fingerprint density at radius 1 is 1.15 bits per heavy atom. The van der Waals surface area contributed by atoms with E-state index in [0.717, 1.165) is 4.88 Å². The first-order valence-electron chi connectivity index (χ1n) is 8.79. The predicted octanol–water partition coefficient (Wildman–Crippen LogP) is 3.38. The van der Waals surface area contributed by atoms with Crippen LogP contribution in [-0.4, -0.2) is 43.6 Å². The number of hydrogen-bond acceptors (Lipinski definition) is 6. The van der Waals surface area contributed by atoms with E-state index >= 15 is 0 Å². The summed E-state index contributed by atoms with van der Waals surface area (Å²) in [6.45, 7) is 3.28. The van der Waals surface area contributed by atoms with Gasteiger partial charge in [0.05, 0.1) is 12.2 Å². The Morgan fingerprint density at radius 2 is 2.00 bits per heavy atom. The van der Waals surface area contributed by atoms with Crippen LogP contribution < -0.4 is 10.1 Å².